The minimum atomic E-state index is 0.0497. The fraction of sp³-hybridized carbons (Fsp3) is 0. The van der Waals surface area contributed by atoms with E-state index in [1.165, 1.54) is 6.07 Å². The molecule has 7 N–H and O–H groups in total. The SMILES string of the molecule is Nc1ccc(-c2cccc(O)c2N)c(N)c1. The van der Waals surface area contributed by atoms with Gasteiger partial charge in [-0.3, -0.25) is 0 Å². The first-order valence-electron chi connectivity index (χ1n) is 4.82. The third-order valence-electron chi connectivity index (χ3n) is 2.45. The van der Waals surface area contributed by atoms with Crippen LogP contribution in [-0.2, 0) is 0 Å². The molecule has 2 aromatic carbocycles. The van der Waals surface area contributed by atoms with Crippen LogP contribution in [0.3, 0.4) is 0 Å². The van der Waals surface area contributed by atoms with Crippen LogP contribution in [0.5, 0.6) is 5.75 Å². The van der Waals surface area contributed by atoms with Crippen LogP contribution in [-0.4, -0.2) is 5.11 Å². The first-order valence-corrected chi connectivity index (χ1v) is 4.82. The zero-order valence-corrected chi connectivity index (χ0v) is 8.64. The van der Waals surface area contributed by atoms with Crippen molar-refractivity contribution in [3.8, 4) is 16.9 Å². The molecule has 0 unspecified atom stereocenters. The number of phenols is 1. The summed E-state index contributed by atoms with van der Waals surface area (Å²) in [6, 6.07) is 10.3. The highest BCUT2D eigenvalue weighted by molar-refractivity contribution is 5.87. The van der Waals surface area contributed by atoms with Crippen LogP contribution in [0.4, 0.5) is 17.1 Å². The maximum atomic E-state index is 9.52. The molecule has 0 fully saturated rings. The smallest absolute Gasteiger partial charge is 0.139 e. The van der Waals surface area contributed by atoms with Crippen molar-refractivity contribution in [2.45, 2.75) is 0 Å². The Morgan fingerprint density at radius 2 is 1.62 bits per heavy atom. The Morgan fingerprint density at radius 3 is 2.31 bits per heavy atom. The Morgan fingerprint density at radius 1 is 0.875 bits per heavy atom. The zero-order chi connectivity index (χ0) is 11.7. The van der Waals surface area contributed by atoms with Crippen LogP contribution >= 0.6 is 0 Å². The summed E-state index contributed by atoms with van der Waals surface area (Å²) in [4.78, 5) is 0. The van der Waals surface area contributed by atoms with E-state index in [9.17, 15) is 5.11 Å². The van der Waals surface area contributed by atoms with E-state index < -0.39 is 0 Å². The molecule has 0 aliphatic carbocycles. The normalized spacial score (nSPS) is 10.2. The number of anilines is 3. The van der Waals surface area contributed by atoms with E-state index in [4.69, 9.17) is 17.2 Å². The number of nitrogens with two attached hydrogens (primary N) is 3. The Balaban J connectivity index is 2.63. The van der Waals surface area contributed by atoms with Gasteiger partial charge in [0.15, 0.2) is 0 Å². The van der Waals surface area contributed by atoms with Crippen LogP contribution in [0.15, 0.2) is 36.4 Å². The molecule has 0 spiro atoms. The molecule has 4 heteroatoms. The topological polar surface area (TPSA) is 98.3 Å². The predicted octanol–water partition coefficient (Wildman–Crippen LogP) is 1.81. The summed E-state index contributed by atoms with van der Waals surface area (Å²) in [6.45, 7) is 0. The Bertz CT molecular complexity index is 538. The fourth-order valence-corrected chi connectivity index (χ4v) is 1.61. The maximum absolute atomic E-state index is 9.52. The number of para-hydroxylation sites is 1. The van der Waals surface area contributed by atoms with Crippen molar-refractivity contribution in [3.05, 3.63) is 36.4 Å². The van der Waals surface area contributed by atoms with Crippen molar-refractivity contribution in [1.29, 1.82) is 0 Å². The summed E-state index contributed by atoms with van der Waals surface area (Å²) >= 11 is 0. The van der Waals surface area contributed by atoms with E-state index in [-0.39, 0.29) is 5.75 Å². The van der Waals surface area contributed by atoms with Crippen molar-refractivity contribution in [3.63, 3.8) is 0 Å². The monoisotopic (exact) mass is 215 g/mol. The standard InChI is InChI=1S/C12H13N3O/c13-7-4-5-8(10(14)6-7)9-2-1-3-11(16)12(9)15/h1-6,16H,13-15H2. The summed E-state index contributed by atoms with van der Waals surface area (Å²) in [5.41, 5.74) is 20.2. The number of phenolic OH excluding ortho intramolecular Hbond substituents is 1. The molecule has 0 heterocycles. The van der Waals surface area contributed by atoms with E-state index in [2.05, 4.69) is 0 Å². The lowest BCUT2D eigenvalue weighted by molar-refractivity contribution is 0.478. The van der Waals surface area contributed by atoms with Crippen molar-refractivity contribution in [1.82, 2.24) is 0 Å². The lowest BCUT2D eigenvalue weighted by Gasteiger charge is -2.10. The molecular weight excluding hydrogens is 202 g/mol. The molecule has 0 bridgehead atoms. The number of aromatic hydroxyl groups is 1. The van der Waals surface area contributed by atoms with Gasteiger partial charge in [0.25, 0.3) is 0 Å². The molecule has 4 nitrogen and oxygen atoms in total. The minimum absolute atomic E-state index is 0.0497. The summed E-state index contributed by atoms with van der Waals surface area (Å²) < 4.78 is 0. The lowest BCUT2D eigenvalue weighted by atomic mass is 10.0. The van der Waals surface area contributed by atoms with Crippen molar-refractivity contribution in [2.75, 3.05) is 17.2 Å². The first-order chi connectivity index (χ1) is 7.59. The molecule has 0 saturated heterocycles. The quantitative estimate of drug-likeness (QED) is 0.430. The average Bonchev–Trinajstić information content (AvgIpc) is 2.23. The summed E-state index contributed by atoms with van der Waals surface area (Å²) in [6.07, 6.45) is 0. The van der Waals surface area contributed by atoms with Crippen LogP contribution < -0.4 is 17.2 Å². The van der Waals surface area contributed by atoms with Gasteiger partial charge in [-0.1, -0.05) is 18.2 Å². The summed E-state index contributed by atoms with van der Waals surface area (Å²) in [5, 5.41) is 9.52. The van der Waals surface area contributed by atoms with Crippen LogP contribution in [0.2, 0.25) is 0 Å². The highest BCUT2D eigenvalue weighted by atomic mass is 16.3. The van der Waals surface area contributed by atoms with Gasteiger partial charge in [0.1, 0.15) is 5.75 Å². The number of benzene rings is 2. The second-order valence-electron chi connectivity index (χ2n) is 3.59. The van der Waals surface area contributed by atoms with Gasteiger partial charge in [-0.15, -0.1) is 0 Å². The predicted molar refractivity (Wildman–Crippen MR) is 66.8 cm³/mol. The van der Waals surface area contributed by atoms with Gasteiger partial charge < -0.3 is 22.3 Å². The summed E-state index contributed by atoms with van der Waals surface area (Å²) in [7, 11) is 0. The van der Waals surface area contributed by atoms with Gasteiger partial charge in [-0.2, -0.15) is 0 Å². The molecule has 2 aromatic rings. The van der Waals surface area contributed by atoms with Crippen molar-refractivity contribution >= 4 is 17.1 Å². The average molecular weight is 215 g/mol. The molecular formula is C12H13N3O. The van der Waals surface area contributed by atoms with Gasteiger partial charge in [0.05, 0.1) is 5.69 Å². The Hall–Kier alpha value is -2.36. The van der Waals surface area contributed by atoms with Crippen LogP contribution in [0.1, 0.15) is 0 Å². The number of hydrogen-bond donors (Lipinski definition) is 4. The van der Waals surface area contributed by atoms with E-state index in [0.29, 0.717) is 22.6 Å². The Kier molecular flexibility index (Phi) is 2.32. The third kappa shape index (κ3) is 1.61. The van der Waals surface area contributed by atoms with E-state index in [1.54, 1.807) is 30.3 Å². The second-order valence-corrected chi connectivity index (χ2v) is 3.59. The van der Waals surface area contributed by atoms with E-state index in [1.807, 2.05) is 0 Å². The van der Waals surface area contributed by atoms with Gasteiger partial charge in [0, 0.05) is 22.5 Å². The zero-order valence-electron chi connectivity index (χ0n) is 8.64. The molecule has 0 amide bonds. The molecule has 2 rings (SSSR count). The van der Waals surface area contributed by atoms with Crippen molar-refractivity contribution in [2.24, 2.45) is 0 Å². The van der Waals surface area contributed by atoms with Crippen molar-refractivity contribution < 1.29 is 5.11 Å². The molecule has 0 saturated carbocycles. The number of rotatable bonds is 1. The van der Waals surface area contributed by atoms with E-state index in [0.717, 1.165) is 5.56 Å². The van der Waals surface area contributed by atoms with Gasteiger partial charge >= 0.3 is 0 Å². The van der Waals surface area contributed by atoms with Gasteiger partial charge in [-0.05, 0) is 18.2 Å². The highest BCUT2D eigenvalue weighted by Crippen LogP contribution is 2.35. The van der Waals surface area contributed by atoms with Crippen LogP contribution in [0.25, 0.3) is 11.1 Å². The maximum Gasteiger partial charge on any atom is 0.139 e. The molecule has 0 aliphatic rings. The lowest BCUT2D eigenvalue weighted by Crippen LogP contribution is -1.96. The molecule has 0 atom stereocenters. The van der Waals surface area contributed by atoms with Gasteiger partial charge in [0.2, 0.25) is 0 Å². The molecule has 0 aromatic heterocycles. The summed E-state index contributed by atoms with van der Waals surface area (Å²) in [5.74, 6) is 0.0497. The fourth-order valence-electron chi connectivity index (χ4n) is 1.61. The molecule has 0 aliphatic heterocycles. The van der Waals surface area contributed by atoms with E-state index >= 15 is 0 Å². The third-order valence-corrected chi connectivity index (χ3v) is 2.45. The number of hydrogen-bond acceptors (Lipinski definition) is 4. The van der Waals surface area contributed by atoms with Gasteiger partial charge in [-0.25, -0.2) is 0 Å². The largest absolute Gasteiger partial charge is 0.506 e. The minimum Gasteiger partial charge on any atom is -0.506 e. The number of nitrogen functional groups attached to an aromatic ring is 3. The molecule has 0 radical (unpaired) electrons. The molecule has 82 valence electrons. The Labute approximate surface area is 93.3 Å². The van der Waals surface area contributed by atoms with Crippen LogP contribution in [0, 0.1) is 0 Å². The molecule has 16 heavy (non-hydrogen) atoms. The highest BCUT2D eigenvalue weighted by Gasteiger charge is 2.08. The second kappa shape index (κ2) is 3.66. The first kappa shape index (κ1) is 10.2.